The summed E-state index contributed by atoms with van der Waals surface area (Å²) in [6.45, 7) is 0. The molecule has 0 saturated heterocycles. The molecule has 0 amide bonds. The van der Waals surface area contributed by atoms with Crippen LogP contribution in [0.3, 0.4) is 0 Å². The topological polar surface area (TPSA) is 0 Å². The highest BCUT2D eigenvalue weighted by atomic mass is 79.9. The molecule has 0 N–H and O–H groups in total. The van der Waals surface area contributed by atoms with Crippen LogP contribution in [0.15, 0.2) is 12.2 Å². The maximum absolute atomic E-state index is 3.33. The third-order valence-corrected chi connectivity index (χ3v) is 2.73. The lowest BCUT2D eigenvalue weighted by atomic mass is 10.4. The standard InChI is InChI=1S/C4H8Br2.C4H6Br2/c2*5-3-1-2-4-6/h1-4H2;1-2H,3-4H2. The number of alkyl halides is 4. The summed E-state index contributed by atoms with van der Waals surface area (Å²) >= 11 is 13.1. The van der Waals surface area contributed by atoms with Crippen LogP contribution in [0.5, 0.6) is 0 Å². The molecule has 0 nitrogen and oxygen atoms in total. The Morgan fingerprint density at radius 2 is 1.00 bits per heavy atom. The molecule has 0 aromatic heterocycles. The minimum absolute atomic E-state index is 0.957. The van der Waals surface area contributed by atoms with E-state index in [1.807, 2.05) is 0 Å². The van der Waals surface area contributed by atoms with Gasteiger partial charge in [-0.15, -0.1) is 0 Å². The average Bonchev–Trinajstić information content (AvgIpc) is 2.12. The fourth-order valence-electron chi connectivity index (χ4n) is 0.315. The number of hydrogen-bond acceptors (Lipinski definition) is 0. The molecule has 4 heteroatoms. The fourth-order valence-corrected chi connectivity index (χ4v) is 1.64. The molecule has 74 valence electrons. The Balaban J connectivity index is 0. The van der Waals surface area contributed by atoms with Gasteiger partial charge in [-0.05, 0) is 12.8 Å². The average molecular weight is 430 g/mol. The van der Waals surface area contributed by atoms with Crippen molar-refractivity contribution in [1.29, 1.82) is 0 Å². The predicted molar refractivity (Wildman–Crippen MR) is 73.6 cm³/mol. The third kappa shape index (κ3) is 22.6. The van der Waals surface area contributed by atoms with Crippen molar-refractivity contribution in [2.24, 2.45) is 0 Å². The molecule has 0 radical (unpaired) electrons. The largest absolute Gasteiger partial charge is 0.0928 e. The van der Waals surface area contributed by atoms with Crippen LogP contribution in [0, 0.1) is 0 Å². The number of rotatable bonds is 5. The minimum atomic E-state index is 0.957. The number of hydrogen-bond donors (Lipinski definition) is 0. The zero-order valence-electron chi connectivity index (χ0n) is 6.91. The van der Waals surface area contributed by atoms with Gasteiger partial charge < -0.3 is 0 Å². The van der Waals surface area contributed by atoms with Gasteiger partial charge in [-0.1, -0.05) is 75.9 Å². The summed E-state index contributed by atoms with van der Waals surface area (Å²) in [4.78, 5) is 0. The second-order valence-corrected chi connectivity index (χ2v) is 4.75. The first-order valence-corrected chi connectivity index (χ1v) is 8.20. The maximum Gasteiger partial charge on any atom is 0.0212 e. The predicted octanol–water partition coefficient (Wildman–Crippen LogP) is 4.89. The number of unbranched alkanes of at least 4 members (excludes halogenated alkanes) is 1. The van der Waals surface area contributed by atoms with Gasteiger partial charge in [0.25, 0.3) is 0 Å². The number of halogens is 4. The van der Waals surface area contributed by atoms with Crippen LogP contribution in [0.25, 0.3) is 0 Å². The lowest BCUT2D eigenvalue weighted by Gasteiger charge is -1.83. The van der Waals surface area contributed by atoms with E-state index in [1.54, 1.807) is 0 Å². The van der Waals surface area contributed by atoms with E-state index in [-0.39, 0.29) is 0 Å². The Hall–Kier alpha value is 1.66. The van der Waals surface area contributed by atoms with Crippen LogP contribution in [-0.2, 0) is 0 Å². The van der Waals surface area contributed by atoms with Crippen molar-refractivity contribution in [3.8, 4) is 0 Å². The first kappa shape index (κ1) is 16.1. The van der Waals surface area contributed by atoms with E-state index in [4.69, 9.17) is 0 Å². The molecule has 0 atom stereocenters. The molecule has 0 saturated carbocycles. The quantitative estimate of drug-likeness (QED) is 0.332. The summed E-state index contributed by atoms with van der Waals surface area (Å²) in [5, 5.41) is 4.19. The van der Waals surface area contributed by atoms with Crippen LogP contribution in [-0.4, -0.2) is 21.3 Å². The highest BCUT2D eigenvalue weighted by Gasteiger charge is 1.77. The van der Waals surface area contributed by atoms with Gasteiger partial charge in [0.2, 0.25) is 0 Å². The maximum atomic E-state index is 3.33. The second kappa shape index (κ2) is 18.4. The van der Waals surface area contributed by atoms with Crippen LogP contribution < -0.4 is 0 Å². The van der Waals surface area contributed by atoms with Crippen molar-refractivity contribution in [1.82, 2.24) is 0 Å². The smallest absolute Gasteiger partial charge is 0.0212 e. The van der Waals surface area contributed by atoms with E-state index >= 15 is 0 Å². The molecule has 0 aliphatic carbocycles. The first-order valence-electron chi connectivity index (χ1n) is 3.72. The summed E-state index contributed by atoms with van der Waals surface area (Å²) in [5.41, 5.74) is 0. The van der Waals surface area contributed by atoms with Gasteiger partial charge in [0.05, 0.1) is 0 Å². The summed E-state index contributed by atoms with van der Waals surface area (Å²) in [6, 6.07) is 0. The van der Waals surface area contributed by atoms with Gasteiger partial charge in [0, 0.05) is 21.3 Å². The summed E-state index contributed by atoms with van der Waals surface area (Å²) in [7, 11) is 0. The second-order valence-electron chi connectivity index (χ2n) is 1.87. The van der Waals surface area contributed by atoms with E-state index in [9.17, 15) is 0 Å². The first-order chi connectivity index (χ1) is 5.83. The molecule has 0 fully saturated rings. The minimum Gasteiger partial charge on any atom is -0.0928 e. The van der Waals surface area contributed by atoms with Crippen molar-refractivity contribution in [2.45, 2.75) is 12.8 Å². The third-order valence-electron chi connectivity index (χ3n) is 0.862. The van der Waals surface area contributed by atoms with Crippen LogP contribution >= 0.6 is 63.7 Å². The molecule has 0 aliphatic rings. The number of allylic oxidation sites excluding steroid dienone is 2. The molecular weight excluding hydrogens is 416 g/mol. The van der Waals surface area contributed by atoms with Crippen molar-refractivity contribution in [2.75, 3.05) is 21.3 Å². The highest BCUT2D eigenvalue weighted by molar-refractivity contribution is 9.09. The zero-order valence-corrected chi connectivity index (χ0v) is 13.3. The van der Waals surface area contributed by atoms with Crippen molar-refractivity contribution >= 4 is 63.7 Å². The van der Waals surface area contributed by atoms with Crippen molar-refractivity contribution in [3.63, 3.8) is 0 Å². The van der Waals surface area contributed by atoms with Gasteiger partial charge in [-0.25, -0.2) is 0 Å². The van der Waals surface area contributed by atoms with Gasteiger partial charge in [-0.2, -0.15) is 0 Å². The Bertz CT molecular complexity index is 73.1. The SMILES string of the molecule is BrCC=CCBr.BrCCCCBr. The van der Waals surface area contributed by atoms with E-state index in [1.165, 1.54) is 12.8 Å². The Labute approximate surface area is 109 Å². The van der Waals surface area contributed by atoms with E-state index in [2.05, 4.69) is 75.9 Å². The Morgan fingerprint density at radius 1 is 0.667 bits per heavy atom. The molecule has 0 aromatic carbocycles. The molecule has 0 unspecified atom stereocenters. The lowest BCUT2D eigenvalue weighted by molar-refractivity contribution is 0.919. The molecule has 0 aromatic rings. The Morgan fingerprint density at radius 3 is 1.17 bits per heavy atom. The van der Waals surface area contributed by atoms with E-state index in [0.717, 1.165) is 21.3 Å². The molecule has 0 bridgehead atoms. The Kier molecular flexibility index (Phi) is 24.8. The van der Waals surface area contributed by atoms with E-state index in [0.29, 0.717) is 0 Å². The monoisotopic (exact) mass is 426 g/mol. The van der Waals surface area contributed by atoms with Gasteiger partial charge in [0.15, 0.2) is 0 Å². The molecule has 12 heavy (non-hydrogen) atoms. The summed E-state index contributed by atoms with van der Waals surface area (Å²) in [5.74, 6) is 0. The normalized spacial score (nSPS) is 9.67. The van der Waals surface area contributed by atoms with Gasteiger partial charge in [-0.3, -0.25) is 0 Å². The molecular formula is C8H14Br4. The lowest BCUT2D eigenvalue weighted by Crippen LogP contribution is -1.73. The highest BCUT2D eigenvalue weighted by Crippen LogP contribution is 1.95. The van der Waals surface area contributed by atoms with Gasteiger partial charge in [0.1, 0.15) is 0 Å². The fraction of sp³-hybridized carbons (Fsp3) is 0.750. The van der Waals surface area contributed by atoms with Crippen LogP contribution in [0.4, 0.5) is 0 Å². The molecule has 0 spiro atoms. The van der Waals surface area contributed by atoms with Crippen molar-refractivity contribution < 1.29 is 0 Å². The van der Waals surface area contributed by atoms with Crippen molar-refractivity contribution in [3.05, 3.63) is 12.2 Å². The molecule has 0 heterocycles. The van der Waals surface area contributed by atoms with Crippen LogP contribution in [0.2, 0.25) is 0 Å². The van der Waals surface area contributed by atoms with Gasteiger partial charge >= 0.3 is 0 Å². The molecule has 0 rings (SSSR count). The zero-order chi connectivity index (χ0) is 9.66. The van der Waals surface area contributed by atoms with E-state index < -0.39 is 0 Å². The summed E-state index contributed by atoms with van der Waals surface area (Å²) < 4.78 is 0. The van der Waals surface area contributed by atoms with Crippen LogP contribution in [0.1, 0.15) is 12.8 Å². The molecule has 0 aliphatic heterocycles. The summed E-state index contributed by atoms with van der Waals surface area (Å²) in [6.07, 6.45) is 6.67.